The fraction of sp³-hybridized carbons (Fsp3) is 0.500. The minimum absolute atomic E-state index is 0.118. The Morgan fingerprint density at radius 2 is 2.35 bits per heavy atom. The Balaban J connectivity index is 2.21. The number of anilines is 1. The Bertz CT molecular complexity index is 471. The molecule has 1 aliphatic rings. The number of H-pyrrole nitrogens is 1. The molecule has 92 valence electrons. The number of esters is 1. The van der Waals surface area contributed by atoms with Gasteiger partial charge in [-0.2, -0.15) is 5.10 Å². The lowest BCUT2D eigenvalue weighted by atomic mass is 10.1. The second-order valence-electron chi connectivity index (χ2n) is 3.91. The molecule has 1 aromatic rings. The van der Waals surface area contributed by atoms with Crippen molar-refractivity contribution in [1.29, 1.82) is 0 Å². The number of rotatable bonds is 2. The van der Waals surface area contributed by atoms with Crippen molar-refractivity contribution in [3.05, 3.63) is 10.2 Å². The lowest BCUT2D eigenvalue weighted by molar-refractivity contribution is -0.145. The van der Waals surface area contributed by atoms with Crippen LogP contribution in [0.4, 0.5) is 5.82 Å². The first-order chi connectivity index (χ1) is 8.04. The number of aromatic nitrogens is 2. The van der Waals surface area contributed by atoms with Crippen molar-refractivity contribution in [1.82, 2.24) is 10.2 Å². The average molecular weight is 302 g/mol. The minimum atomic E-state index is -0.406. The molecule has 0 radical (unpaired) electrons. The van der Waals surface area contributed by atoms with E-state index >= 15 is 0 Å². The second-order valence-corrected chi connectivity index (χ2v) is 4.71. The third kappa shape index (κ3) is 2.06. The van der Waals surface area contributed by atoms with E-state index in [1.807, 2.05) is 6.92 Å². The standard InChI is InChI=1S/C10H12BrN3O3/c1-5-8(11)9(13-12-5)14-4-6(3-7(14)15)10(16)17-2/h6H,3-4H2,1-2H3,(H,12,13). The van der Waals surface area contributed by atoms with Crippen LogP contribution < -0.4 is 4.90 Å². The molecule has 6 nitrogen and oxygen atoms in total. The molecule has 0 aliphatic carbocycles. The highest BCUT2D eigenvalue weighted by atomic mass is 79.9. The zero-order valence-electron chi connectivity index (χ0n) is 9.49. The SMILES string of the molecule is COC(=O)C1CC(=O)N(c2n[nH]c(C)c2Br)C1. The van der Waals surface area contributed by atoms with Gasteiger partial charge < -0.3 is 4.74 Å². The summed E-state index contributed by atoms with van der Waals surface area (Å²) in [6.45, 7) is 2.16. The molecule has 0 spiro atoms. The van der Waals surface area contributed by atoms with Crippen LogP contribution in [0.15, 0.2) is 4.47 Å². The second kappa shape index (κ2) is 4.48. The first-order valence-electron chi connectivity index (χ1n) is 5.13. The number of carbonyl (C=O) groups excluding carboxylic acids is 2. The van der Waals surface area contributed by atoms with Crippen LogP contribution >= 0.6 is 15.9 Å². The highest BCUT2D eigenvalue weighted by molar-refractivity contribution is 9.10. The quantitative estimate of drug-likeness (QED) is 0.827. The van der Waals surface area contributed by atoms with Crippen LogP contribution in [0.2, 0.25) is 0 Å². The minimum Gasteiger partial charge on any atom is -0.469 e. The molecule has 2 heterocycles. The van der Waals surface area contributed by atoms with Gasteiger partial charge in [0.2, 0.25) is 5.91 Å². The van der Waals surface area contributed by atoms with Gasteiger partial charge in [0.05, 0.1) is 17.5 Å². The van der Waals surface area contributed by atoms with E-state index in [1.165, 1.54) is 12.0 Å². The molecule has 1 N–H and O–H groups in total. The summed E-state index contributed by atoms with van der Waals surface area (Å²) in [5.41, 5.74) is 0.842. The van der Waals surface area contributed by atoms with Gasteiger partial charge in [-0.25, -0.2) is 0 Å². The number of hydrogen-bond donors (Lipinski definition) is 1. The summed E-state index contributed by atoms with van der Waals surface area (Å²) < 4.78 is 5.39. The average Bonchev–Trinajstić information content (AvgIpc) is 2.83. The highest BCUT2D eigenvalue weighted by Crippen LogP contribution is 2.31. The number of carbonyl (C=O) groups is 2. The molecule has 1 fully saturated rings. The fourth-order valence-corrected chi connectivity index (χ4v) is 2.21. The Hall–Kier alpha value is -1.37. The van der Waals surface area contributed by atoms with Crippen molar-refractivity contribution in [3.8, 4) is 0 Å². The predicted octanol–water partition coefficient (Wildman–Crippen LogP) is 1.01. The van der Waals surface area contributed by atoms with Crippen molar-refractivity contribution < 1.29 is 14.3 Å². The van der Waals surface area contributed by atoms with Crippen LogP contribution in [0.25, 0.3) is 0 Å². The molecule has 0 aromatic carbocycles. The molecule has 2 rings (SSSR count). The van der Waals surface area contributed by atoms with Gasteiger partial charge in [-0.1, -0.05) is 0 Å². The van der Waals surface area contributed by atoms with Crippen LogP contribution in [0.5, 0.6) is 0 Å². The monoisotopic (exact) mass is 301 g/mol. The highest BCUT2D eigenvalue weighted by Gasteiger charge is 2.37. The summed E-state index contributed by atoms with van der Waals surface area (Å²) in [4.78, 5) is 24.7. The van der Waals surface area contributed by atoms with Crippen molar-refractivity contribution in [2.45, 2.75) is 13.3 Å². The molecule has 1 aliphatic heterocycles. The summed E-state index contributed by atoms with van der Waals surface area (Å²) in [6, 6.07) is 0. The van der Waals surface area contributed by atoms with Crippen molar-refractivity contribution >= 4 is 33.6 Å². The lowest BCUT2D eigenvalue weighted by Gasteiger charge is -2.13. The maximum absolute atomic E-state index is 11.8. The number of nitrogens with one attached hydrogen (secondary N) is 1. The number of aryl methyl sites for hydroxylation is 1. The number of amides is 1. The summed E-state index contributed by atoms with van der Waals surface area (Å²) >= 11 is 3.36. The number of methoxy groups -OCH3 is 1. The molecule has 1 atom stereocenters. The number of aromatic amines is 1. The molecule has 7 heteroatoms. The predicted molar refractivity (Wildman–Crippen MR) is 63.5 cm³/mol. The van der Waals surface area contributed by atoms with Gasteiger partial charge in [0.15, 0.2) is 5.82 Å². The van der Waals surface area contributed by atoms with E-state index in [4.69, 9.17) is 0 Å². The van der Waals surface area contributed by atoms with E-state index in [1.54, 1.807) is 0 Å². The van der Waals surface area contributed by atoms with Gasteiger partial charge in [0.25, 0.3) is 0 Å². The van der Waals surface area contributed by atoms with Gasteiger partial charge in [0, 0.05) is 18.7 Å². The summed E-state index contributed by atoms with van der Waals surface area (Å²) in [5.74, 6) is -0.355. The van der Waals surface area contributed by atoms with E-state index in [0.717, 1.165) is 10.2 Å². The Morgan fingerprint density at radius 1 is 1.65 bits per heavy atom. The number of hydrogen-bond acceptors (Lipinski definition) is 4. The molecule has 0 bridgehead atoms. The molecule has 1 unspecified atom stereocenters. The van der Waals surface area contributed by atoms with E-state index in [2.05, 4.69) is 30.9 Å². The first kappa shape index (κ1) is 12.1. The molecular weight excluding hydrogens is 290 g/mol. The van der Waals surface area contributed by atoms with Crippen LogP contribution in [0, 0.1) is 12.8 Å². The van der Waals surface area contributed by atoms with E-state index in [-0.39, 0.29) is 18.3 Å². The first-order valence-corrected chi connectivity index (χ1v) is 5.92. The number of nitrogens with zero attached hydrogens (tertiary/aromatic N) is 2. The van der Waals surface area contributed by atoms with Gasteiger partial charge in [-0.15, -0.1) is 0 Å². The molecule has 17 heavy (non-hydrogen) atoms. The van der Waals surface area contributed by atoms with Crippen LogP contribution in [-0.4, -0.2) is 35.7 Å². The zero-order chi connectivity index (χ0) is 12.6. The summed E-state index contributed by atoms with van der Waals surface area (Å²) in [6.07, 6.45) is 0.172. The summed E-state index contributed by atoms with van der Waals surface area (Å²) in [5, 5.41) is 6.83. The van der Waals surface area contributed by atoms with Crippen LogP contribution in [-0.2, 0) is 14.3 Å². The molecule has 1 aromatic heterocycles. The van der Waals surface area contributed by atoms with E-state index in [9.17, 15) is 9.59 Å². The van der Waals surface area contributed by atoms with Crippen molar-refractivity contribution in [2.24, 2.45) is 5.92 Å². The lowest BCUT2D eigenvalue weighted by Crippen LogP contribution is -2.26. The van der Waals surface area contributed by atoms with Crippen molar-refractivity contribution in [2.75, 3.05) is 18.6 Å². The van der Waals surface area contributed by atoms with Gasteiger partial charge in [-0.3, -0.25) is 19.6 Å². The van der Waals surface area contributed by atoms with Gasteiger partial charge in [0.1, 0.15) is 0 Å². The smallest absolute Gasteiger partial charge is 0.311 e. The topological polar surface area (TPSA) is 75.3 Å². The normalized spacial score (nSPS) is 19.8. The zero-order valence-corrected chi connectivity index (χ0v) is 11.1. The van der Waals surface area contributed by atoms with E-state index < -0.39 is 5.92 Å². The summed E-state index contributed by atoms with van der Waals surface area (Å²) in [7, 11) is 1.32. The number of halogens is 1. The third-order valence-electron chi connectivity index (χ3n) is 2.77. The fourth-order valence-electron chi connectivity index (χ4n) is 1.82. The third-order valence-corrected chi connectivity index (χ3v) is 3.72. The maximum Gasteiger partial charge on any atom is 0.311 e. The van der Waals surface area contributed by atoms with Crippen LogP contribution in [0.1, 0.15) is 12.1 Å². The molecule has 1 amide bonds. The molecular formula is C10H12BrN3O3. The van der Waals surface area contributed by atoms with Gasteiger partial charge >= 0.3 is 5.97 Å². The molecule has 1 saturated heterocycles. The molecule has 0 saturated carbocycles. The Morgan fingerprint density at radius 3 is 2.88 bits per heavy atom. The van der Waals surface area contributed by atoms with Crippen LogP contribution in [0.3, 0.4) is 0 Å². The van der Waals surface area contributed by atoms with Crippen molar-refractivity contribution in [3.63, 3.8) is 0 Å². The Kier molecular flexibility index (Phi) is 3.19. The number of ether oxygens (including phenoxy) is 1. The van der Waals surface area contributed by atoms with Gasteiger partial charge in [-0.05, 0) is 22.9 Å². The largest absolute Gasteiger partial charge is 0.469 e. The maximum atomic E-state index is 11.8. The Labute approximate surface area is 106 Å². The van der Waals surface area contributed by atoms with E-state index in [0.29, 0.717) is 12.4 Å².